The highest BCUT2D eigenvalue weighted by molar-refractivity contribution is 6.11. The van der Waals surface area contributed by atoms with Crippen molar-refractivity contribution in [3.63, 3.8) is 0 Å². The number of aliphatic hydroxyl groups is 1. The van der Waals surface area contributed by atoms with Crippen molar-refractivity contribution in [2.24, 2.45) is 0 Å². The van der Waals surface area contributed by atoms with Crippen molar-refractivity contribution in [3.8, 4) is 0 Å². The Hall–Kier alpha value is -0.0151. The predicted octanol–water partition coefficient (Wildman–Crippen LogP) is 0.0408. The van der Waals surface area contributed by atoms with E-state index in [4.69, 9.17) is 17.7 Å². The van der Waals surface area contributed by atoms with Crippen molar-refractivity contribution in [2.75, 3.05) is 0 Å². The van der Waals surface area contributed by atoms with Crippen LogP contribution in [0.5, 0.6) is 0 Å². The molecule has 1 saturated heterocycles. The largest absolute Gasteiger partial charge is 0.390 e. The van der Waals surface area contributed by atoms with Gasteiger partial charge in [-0.1, -0.05) is 6.92 Å². The van der Waals surface area contributed by atoms with E-state index in [1.165, 1.54) is 0 Å². The average molecular weight is 126 g/mol. The molecule has 0 bridgehead atoms. The monoisotopic (exact) mass is 126 g/mol. The Morgan fingerprint density at radius 1 is 1.78 bits per heavy atom. The van der Waals surface area contributed by atoms with Crippen molar-refractivity contribution in [1.29, 1.82) is 0 Å². The zero-order valence-electron chi connectivity index (χ0n) is 5.58. The Morgan fingerprint density at radius 2 is 2.44 bits per heavy atom. The van der Waals surface area contributed by atoms with E-state index in [1.54, 1.807) is 0 Å². The average Bonchev–Trinajstić information content (AvgIpc) is 2.10. The van der Waals surface area contributed by atoms with Crippen molar-refractivity contribution >= 4 is 7.85 Å². The van der Waals surface area contributed by atoms with Crippen LogP contribution in [0.3, 0.4) is 0 Å². The highest BCUT2D eigenvalue weighted by Crippen LogP contribution is 2.19. The Bertz CT molecular complexity index is 97.1. The highest BCUT2D eigenvalue weighted by atomic mass is 16.5. The molecule has 3 atom stereocenters. The van der Waals surface area contributed by atoms with Gasteiger partial charge < -0.3 is 9.84 Å². The lowest BCUT2D eigenvalue weighted by molar-refractivity contribution is 0.0305. The summed E-state index contributed by atoms with van der Waals surface area (Å²) in [5.41, 5.74) is 0. The van der Waals surface area contributed by atoms with Crippen LogP contribution in [0.4, 0.5) is 0 Å². The van der Waals surface area contributed by atoms with E-state index in [2.05, 4.69) is 0 Å². The van der Waals surface area contributed by atoms with Gasteiger partial charge in [-0.2, -0.15) is 0 Å². The molecule has 1 heterocycles. The minimum Gasteiger partial charge on any atom is -0.390 e. The van der Waals surface area contributed by atoms with E-state index >= 15 is 0 Å². The van der Waals surface area contributed by atoms with Gasteiger partial charge in [-0.3, -0.25) is 0 Å². The normalized spacial score (nSPS) is 43.6. The molecule has 0 aliphatic carbocycles. The topological polar surface area (TPSA) is 29.5 Å². The first kappa shape index (κ1) is 7.10. The van der Waals surface area contributed by atoms with Crippen LogP contribution in [0.15, 0.2) is 0 Å². The summed E-state index contributed by atoms with van der Waals surface area (Å²) in [5.74, 6) is 0. The van der Waals surface area contributed by atoms with E-state index in [1.807, 2.05) is 6.92 Å². The van der Waals surface area contributed by atoms with Gasteiger partial charge in [-0.05, 0) is 12.8 Å². The van der Waals surface area contributed by atoms with Gasteiger partial charge in [0, 0.05) is 6.00 Å². The van der Waals surface area contributed by atoms with E-state index < -0.39 is 0 Å². The first-order valence-corrected chi connectivity index (χ1v) is 3.33. The second kappa shape index (κ2) is 2.71. The molecule has 9 heavy (non-hydrogen) atoms. The molecule has 1 rings (SSSR count). The summed E-state index contributed by atoms with van der Waals surface area (Å²) in [6, 6.07) is -0.245. The van der Waals surface area contributed by atoms with Crippen LogP contribution >= 0.6 is 0 Å². The number of hydrogen-bond donors (Lipinski definition) is 1. The van der Waals surface area contributed by atoms with Crippen LogP contribution in [0.1, 0.15) is 19.8 Å². The molecule has 0 aromatic heterocycles. The Kier molecular flexibility index (Phi) is 2.14. The van der Waals surface area contributed by atoms with Crippen molar-refractivity contribution < 1.29 is 9.84 Å². The molecule has 2 radical (unpaired) electrons. The first-order chi connectivity index (χ1) is 4.24. The summed E-state index contributed by atoms with van der Waals surface area (Å²) in [4.78, 5) is 0. The lowest BCUT2D eigenvalue weighted by Gasteiger charge is -2.09. The van der Waals surface area contributed by atoms with Crippen LogP contribution in [-0.4, -0.2) is 31.2 Å². The van der Waals surface area contributed by atoms with E-state index in [0.29, 0.717) is 6.42 Å². The molecule has 0 aromatic carbocycles. The van der Waals surface area contributed by atoms with Crippen LogP contribution in [0.25, 0.3) is 0 Å². The zero-order chi connectivity index (χ0) is 6.85. The van der Waals surface area contributed by atoms with Gasteiger partial charge >= 0.3 is 0 Å². The second-order valence-electron chi connectivity index (χ2n) is 2.42. The molecule has 3 heteroatoms. The fourth-order valence-corrected chi connectivity index (χ4v) is 1.13. The molecule has 1 N–H and O–H groups in total. The first-order valence-electron chi connectivity index (χ1n) is 3.33. The fourth-order valence-electron chi connectivity index (χ4n) is 1.13. The Balaban J connectivity index is 2.38. The summed E-state index contributed by atoms with van der Waals surface area (Å²) in [7, 11) is 5.41. The molecule has 0 aromatic rings. The van der Waals surface area contributed by atoms with Gasteiger partial charge in [-0.25, -0.2) is 0 Å². The van der Waals surface area contributed by atoms with Gasteiger partial charge in [0.2, 0.25) is 0 Å². The lowest BCUT2D eigenvalue weighted by atomic mass is 9.96. The van der Waals surface area contributed by atoms with Crippen molar-refractivity contribution in [3.05, 3.63) is 0 Å². The van der Waals surface area contributed by atoms with Gasteiger partial charge in [0.05, 0.1) is 12.2 Å². The van der Waals surface area contributed by atoms with E-state index in [-0.39, 0.29) is 18.2 Å². The van der Waals surface area contributed by atoms with Crippen molar-refractivity contribution in [1.82, 2.24) is 0 Å². The van der Waals surface area contributed by atoms with Gasteiger partial charge in [0.1, 0.15) is 7.85 Å². The standard InChI is InChI=1S/C6H11BO2/c1-2-5-4(8)3-6(7)9-5/h4-6,8H,2-3H2,1H3/t4-,5+,6+/m0/s1. The SMILES string of the molecule is [B][C@H]1C[C@H](O)[C@@H](CC)O1. The lowest BCUT2D eigenvalue weighted by Crippen LogP contribution is -2.19. The number of ether oxygens (including phenoxy) is 1. The second-order valence-corrected chi connectivity index (χ2v) is 2.42. The molecule has 1 aliphatic rings. The number of aliphatic hydroxyl groups excluding tert-OH is 1. The quantitative estimate of drug-likeness (QED) is 0.502. The van der Waals surface area contributed by atoms with E-state index in [9.17, 15) is 0 Å². The number of rotatable bonds is 1. The fraction of sp³-hybridized carbons (Fsp3) is 1.00. The van der Waals surface area contributed by atoms with Crippen LogP contribution in [0.2, 0.25) is 0 Å². The molecular formula is C6H11BO2. The summed E-state index contributed by atoms with van der Waals surface area (Å²) < 4.78 is 5.15. The molecule has 0 unspecified atom stereocenters. The van der Waals surface area contributed by atoms with E-state index in [0.717, 1.165) is 6.42 Å². The molecule has 0 spiro atoms. The summed E-state index contributed by atoms with van der Waals surface area (Å²) >= 11 is 0. The molecule has 50 valence electrons. The third-order valence-corrected chi connectivity index (χ3v) is 1.65. The Labute approximate surface area is 56.6 Å². The van der Waals surface area contributed by atoms with Gasteiger partial charge in [-0.15, -0.1) is 0 Å². The minimum absolute atomic E-state index is 0.0278. The highest BCUT2D eigenvalue weighted by Gasteiger charge is 2.28. The van der Waals surface area contributed by atoms with Gasteiger partial charge in [0.15, 0.2) is 0 Å². The number of hydrogen-bond acceptors (Lipinski definition) is 2. The molecular weight excluding hydrogens is 115 g/mol. The molecule has 2 nitrogen and oxygen atoms in total. The van der Waals surface area contributed by atoms with Crippen LogP contribution in [-0.2, 0) is 4.74 Å². The summed E-state index contributed by atoms with van der Waals surface area (Å²) in [5, 5.41) is 9.15. The van der Waals surface area contributed by atoms with Crippen molar-refractivity contribution in [2.45, 2.75) is 38.0 Å². The van der Waals surface area contributed by atoms with Gasteiger partial charge in [0.25, 0.3) is 0 Å². The Morgan fingerprint density at radius 3 is 2.67 bits per heavy atom. The predicted molar refractivity (Wildman–Crippen MR) is 35.3 cm³/mol. The molecule has 0 amide bonds. The summed E-state index contributed by atoms with van der Waals surface area (Å²) in [6.45, 7) is 1.98. The summed E-state index contributed by atoms with van der Waals surface area (Å²) in [6.07, 6.45) is 1.05. The third kappa shape index (κ3) is 1.46. The molecule has 0 saturated carbocycles. The maximum absolute atomic E-state index is 9.15. The molecule has 1 fully saturated rings. The smallest absolute Gasteiger partial charge is 0.109 e. The third-order valence-electron chi connectivity index (χ3n) is 1.65. The van der Waals surface area contributed by atoms with Crippen LogP contribution in [0, 0.1) is 0 Å². The maximum atomic E-state index is 9.15. The minimum atomic E-state index is -0.343. The molecule has 1 aliphatic heterocycles. The van der Waals surface area contributed by atoms with Crippen LogP contribution < -0.4 is 0 Å². The maximum Gasteiger partial charge on any atom is 0.109 e. The zero-order valence-corrected chi connectivity index (χ0v) is 5.58.